The molecule has 0 amide bonds. The van der Waals surface area contributed by atoms with E-state index in [1.807, 2.05) is 0 Å². The van der Waals surface area contributed by atoms with Crippen molar-refractivity contribution in [2.75, 3.05) is 11.9 Å². The largest absolute Gasteiger partial charge is 3.00 e. The van der Waals surface area contributed by atoms with Crippen LogP contribution >= 0.6 is 0 Å². The van der Waals surface area contributed by atoms with Gasteiger partial charge in [-0.2, -0.15) is 36.9 Å². The van der Waals surface area contributed by atoms with Crippen molar-refractivity contribution in [1.82, 2.24) is 9.88 Å². The van der Waals surface area contributed by atoms with Crippen LogP contribution < -0.4 is 4.90 Å². The monoisotopic (exact) mass is 547 g/mol. The third-order valence-corrected chi connectivity index (χ3v) is 3.14. The number of nitrogens with zero attached hydrogens (tertiary/aromatic N) is 3. The second-order valence-electron chi connectivity index (χ2n) is 5.05. The molecule has 6 heteroatoms. The van der Waals surface area contributed by atoms with Crippen molar-refractivity contribution < 1.29 is 37.1 Å². The van der Waals surface area contributed by atoms with Crippen molar-refractivity contribution in [3.63, 3.8) is 0 Å². The molecule has 0 spiro atoms. The molecule has 2 heterocycles. The number of benzene rings is 2. The van der Waals surface area contributed by atoms with E-state index in [2.05, 4.69) is 17.1 Å². The maximum Gasteiger partial charge on any atom is 3.00 e. The predicted octanol–water partition coefficient (Wildman–Crippen LogP) is 4.65. The van der Waals surface area contributed by atoms with E-state index < -0.39 is 11.6 Å². The fourth-order valence-electron chi connectivity index (χ4n) is 1.99. The number of rotatable bonds is 2. The Morgan fingerprint density at radius 3 is 2.70 bits per heavy atom. The Labute approximate surface area is 179 Å². The van der Waals surface area contributed by atoms with Gasteiger partial charge in [0.25, 0.3) is 0 Å². The molecule has 0 fully saturated rings. The van der Waals surface area contributed by atoms with Gasteiger partial charge < -0.3 is 14.8 Å². The van der Waals surface area contributed by atoms with Gasteiger partial charge in [-0.15, -0.1) is 17.8 Å². The average molecular weight is 547 g/mol. The molecule has 1 aliphatic rings. The molecule has 0 saturated carbocycles. The number of hydrogen-bond acceptors (Lipinski definition) is 3. The third kappa shape index (κ3) is 5.71. The fraction of sp³-hybridized carbons (Fsp3) is 0.0476. The first-order chi connectivity index (χ1) is 15.1. The van der Waals surface area contributed by atoms with Crippen LogP contribution in [0.1, 0.15) is 8.22 Å². The van der Waals surface area contributed by atoms with Crippen LogP contribution in [-0.2, 0) is 20.1 Å². The van der Waals surface area contributed by atoms with Crippen molar-refractivity contribution >= 4 is 5.69 Å². The third-order valence-electron chi connectivity index (χ3n) is 3.14. The first-order valence-corrected chi connectivity index (χ1v) is 7.44. The molecule has 0 unspecified atom stereocenters. The van der Waals surface area contributed by atoms with E-state index in [4.69, 9.17) is 8.22 Å². The van der Waals surface area contributed by atoms with E-state index >= 15 is 0 Å². The molecule has 3 nitrogen and oxygen atoms in total. The van der Waals surface area contributed by atoms with Crippen molar-refractivity contribution in [2.45, 2.75) is 0 Å². The van der Waals surface area contributed by atoms with Crippen LogP contribution in [0.3, 0.4) is 0 Å². The van der Waals surface area contributed by atoms with E-state index in [1.54, 1.807) is 31.4 Å². The number of halogens is 2. The predicted molar refractivity (Wildman–Crippen MR) is 97.4 cm³/mol. The minimum absolute atomic E-state index is 0. The van der Waals surface area contributed by atoms with E-state index in [-0.39, 0.29) is 67.9 Å². The Hall–Kier alpha value is -2.56. The van der Waals surface area contributed by atoms with Crippen molar-refractivity contribution in [3.8, 4) is 11.3 Å². The molecule has 0 saturated heterocycles. The van der Waals surface area contributed by atoms with Gasteiger partial charge in [0.2, 0.25) is 0 Å². The number of anilines is 1. The zero-order valence-corrected chi connectivity index (χ0v) is 16.4. The zero-order chi connectivity index (χ0) is 23.6. The van der Waals surface area contributed by atoms with Crippen LogP contribution in [0.2, 0.25) is 0 Å². The number of aromatic nitrogens is 1. The van der Waals surface area contributed by atoms with Crippen LogP contribution in [0.25, 0.3) is 11.3 Å². The summed E-state index contributed by atoms with van der Waals surface area (Å²) in [5.41, 5.74) is 0.678. The molecule has 1 aliphatic heterocycles. The minimum Gasteiger partial charge on any atom is -0.510 e. The molecular weight excluding hydrogens is 524 g/mol. The number of pyridine rings is 1. The summed E-state index contributed by atoms with van der Waals surface area (Å²) >= 11 is 0. The van der Waals surface area contributed by atoms with E-state index in [0.29, 0.717) is 5.69 Å². The summed E-state index contributed by atoms with van der Waals surface area (Å²) in [6.07, 6.45) is 1.35. The Balaban J connectivity index is 0.000000233. The molecule has 0 aliphatic carbocycles. The SMILES string of the molecule is Fc1c[c-]c(-c2ccccn2)c(F)c1.[2H]C1=C([2H])N(c2[c-]c([2H])c([2H])c([2H])c2[2H])[CH-]N1C.[Ir+3]. The molecule has 3 aromatic rings. The zero-order valence-electron chi connectivity index (χ0n) is 20.0. The number of para-hydroxylation sites is 1. The van der Waals surface area contributed by atoms with Crippen LogP contribution in [0.5, 0.6) is 0 Å². The molecule has 2 aromatic carbocycles. The Morgan fingerprint density at radius 1 is 1.19 bits per heavy atom. The van der Waals surface area contributed by atoms with E-state index in [9.17, 15) is 8.78 Å². The summed E-state index contributed by atoms with van der Waals surface area (Å²) in [7, 11) is 1.59. The van der Waals surface area contributed by atoms with Crippen LogP contribution in [0.4, 0.5) is 14.5 Å². The van der Waals surface area contributed by atoms with E-state index in [0.717, 1.165) is 12.1 Å². The second-order valence-corrected chi connectivity index (χ2v) is 5.05. The summed E-state index contributed by atoms with van der Waals surface area (Å²) in [6, 6.07) is 10.7. The van der Waals surface area contributed by atoms with Crippen molar-refractivity contribution in [2.24, 2.45) is 0 Å². The maximum absolute atomic E-state index is 13.2. The van der Waals surface area contributed by atoms with Crippen LogP contribution in [-0.4, -0.2) is 16.9 Å². The fourth-order valence-corrected chi connectivity index (χ4v) is 1.99. The van der Waals surface area contributed by atoms with Gasteiger partial charge in [0.1, 0.15) is 0 Å². The van der Waals surface area contributed by atoms with E-state index in [1.165, 1.54) is 16.5 Å². The summed E-state index contributed by atoms with van der Waals surface area (Å²) in [4.78, 5) is 6.54. The summed E-state index contributed by atoms with van der Waals surface area (Å²) < 4.78 is 71.3. The molecule has 1 aromatic heterocycles. The topological polar surface area (TPSA) is 19.4 Å². The molecule has 27 heavy (non-hydrogen) atoms. The minimum atomic E-state index is -0.649. The molecular formula is C21H16F2IrN3. The Kier molecular flexibility index (Phi) is 5.01. The maximum atomic E-state index is 13.2. The molecule has 0 bridgehead atoms. The van der Waals surface area contributed by atoms with Crippen molar-refractivity contribution in [3.05, 3.63) is 103 Å². The van der Waals surface area contributed by atoms with Gasteiger partial charge in [0.15, 0.2) is 0 Å². The average Bonchev–Trinajstić information content (AvgIpc) is 3.03. The summed E-state index contributed by atoms with van der Waals surface area (Å²) in [6.45, 7) is 1.41. The molecule has 0 N–H and O–H groups in total. The van der Waals surface area contributed by atoms with Gasteiger partial charge in [0, 0.05) is 20.6 Å². The molecule has 0 atom stereocenters. The smallest absolute Gasteiger partial charge is 0.510 e. The van der Waals surface area contributed by atoms with Gasteiger partial charge in [-0.25, -0.2) is 0 Å². The first-order valence-electron chi connectivity index (χ1n) is 10.4. The van der Waals surface area contributed by atoms with Gasteiger partial charge in [-0.05, 0) is 33.9 Å². The molecule has 138 valence electrons. The first kappa shape index (κ1) is 13.6. The van der Waals surface area contributed by atoms with Gasteiger partial charge in [0.05, 0.1) is 2.74 Å². The van der Waals surface area contributed by atoms with Gasteiger partial charge in [-0.3, -0.25) is 8.78 Å². The normalized spacial score (nSPS) is 16.1. The summed E-state index contributed by atoms with van der Waals surface area (Å²) in [5, 5.41) is 0. The quantitative estimate of drug-likeness (QED) is 0.437. The van der Waals surface area contributed by atoms with Gasteiger partial charge in [-0.1, -0.05) is 23.8 Å². The number of hydrogen-bond donors (Lipinski definition) is 0. The van der Waals surface area contributed by atoms with Gasteiger partial charge >= 0.3 is 20.1 Å². The standard InChI is InChI=1S/C11H6F2N.C10H10N2.Ir/c12-8-4-5-9(10(13)7-8)11-3-1-2-6-14-11;1-11-7-8-12(9-11)10-5-3-2-4-6-10;/h1-4,6-7H;2-5,7-9H,1H3;/q-1;-2;+3/i;2D,3D,4D,5D,7D,8D;. The second kappa shape index (κ2) is 9.95. The summed E-state index contributed by atoms with van der Waals surface area (Å²) in [5.74, 6) is -1.29. The molecule has 0 radical (unpaired) electrons. The van der Waals surface area contributed by atoms with Crippen molar-refractivity contribution in [1.29, 1.82) is 0 Å². The van der Waals surface area contributed by atoms with Crippen LogP contribution in [0.15, 0.2) is 73.1 Å². The molecule has 4 rings (SSSR count). The Bertz CT molecular complexity index is 1180. The Morgan fingerprint density at radius 2 is 2.04 bits per heavy atom. The van der Waals surface area contributed by atoms with Crippen LogP contribution in [0, 0.1) is 30.4 Å².